The van der Waals surface area contributed by atoms with Crippen molar-refractivity contribution in [1.29, 1.82) is 0 Å². The molecule has 0 aromatic carbocycles. The first kappa shape index (κ1) is 16.1. The van der Waals surface area contributed by atoms with Crippen molar-refractivity contribution in [2.75, 3.05) is 45.4 Å². The molecule has 0 spiro atoms. The van der Waals surface area contributed by atoms with E-state index in [2.05, 4.69) is 19.7 Å². The van der Waals surface area contributed by atoms with E-state index in [0.717, 1.165) is 0 Å². The lowest BCUT2D eigenvalue weighted by molar-refractivity contribution is -0.141. The van der Waals surface area contributed by atoms with Gasteiger partial charge in [0.25, 0.3) is 0 Å². The molecule has 0 fully saturated rings. The van der Waals surface area contributed by atoms with Gasteiger partial charge in [0, 0.05) is 20.2 Å². The number of hydrogen-bond acceptors (Lipinski definition) is 9. The number of nitrogens with two attached hydrogens (primary N) is 2. The Bertz CT molecular complexity index is 422. The zero-order valence-electron chi connectivity index (χ0n) is 11.7. The van der Waals surface area contributed by atoms with Crippen LogP contribution in [0.15, 0.2) is 0 Å². The van der Waals surface area contributed by atoms with E-state index in [-0.39, 0.29) is 24.3 Å². The summed E-state index contributed by atoms with van der Waals surface area (Å²) in [6.07, 6.45) is 0.274. The van der Waals surface area contributed by atoms with Crippen molar-refractivity contribution in [3.8, 4) is 0 Å². The smallest absolute Gasteiger partial charge is 0.306 e. The molecule has 1 heterocycles. The molecule has 0 unspecified atom stereocenters. The fraction of sp³-hybridized carbons (Fsp3) is 0.636. The number of aromatic nitrogens is 3. The third kappa shape index (κ3) is 5.76. The van der Waals surface area contributed by atoms with Crippen molar-refractivity contribution in [2.24, 2.45) is 0 Å². The largest absolute Gasteiger partial charge is 0.469 e. The molecule has 4 N–H and O–H groups in total. The zero-order valence-corrected chi connectivity index (χ0v) is 11.7. The summed E-state index contributed by atoms with van der Waals surface area (Å²) in [5.74, 6) is 0.331. The van der Waals surface area contributed by atoms with Crippen LogP contribution in [0.2, 0.25) is 0 Å². The van der Waals surface area contributed by atoms with Gasteiger partial charge in [0.1, 0.15) is 5.82 Å². The predicted molar refractivity (Wildman–Crippen MR) is 72.4 cm³/mol. The van der Waals surface area contributed by atoms with Gasteiger partial charge < -0.3 is 20.9 Å². The molecule has 0 aliphatic rings. The van der Waals surface area contributed by atoms with Crippen LogP contribution in [0.3, 0.4) is 0 Å². The lowest BCUT2D eigenvalue weighted by Gasteiger charge is -2.20. The molecule has 0 aliphatic carbocycles. The van der Waals surface area contributed by atoms with Gasteiger partial charge in [0.05, 0.1) is 26.7 Å². The van der Waals surface area contributed by atoms with Crippen LogP contribution >= 0.6 is 0 Å². The van der Waals surface area contributed by atoms with Gasteiger partial charge in [0.15, 0.2) is 0 Å². The molecule has 1 rings (SSSR count). The summed E-state index contributed by atoms with van der Waals surface area (Å²) in [7, 11) is 2.96. The van der Waals surface area contributed by atoms with E-state index in [9.17, 15) is 4.79 Å². The zero-order chi connectivity index (χ0) is 15.0. The molecule has 0 saturated carbocycles. The number of carbonyl (C=O) groups excluding carboxylic acids is 1. The molecule has 9 nitrogen and oxygen atoms in total. The number of anilines is 2. The van der Waals surface area contributed by atoms with Gasteiger partial charge in [0.2, 0.25) is 11.9 Å². The van der Waals surface area contributed by atoms with E-state index in [1.807, 2.05) is 4.90 Å². The van der Waals surface area contributed by atoms with Crippen LogP contribution in [0.25, 0.3) is 0 Å². The van der Waals surface area contributed by atoms with Gasteiger partial charge in [-0.05, 0) is 0 Å². The van der Waals surface area contributed by atoms with Crippen LogP contribution in [0, 0.1) is 0 Å². The number of nitrogens with zero attached hydrogens (tertiary/aromatic N) is 4. The Balaban J connectivity index is 2.64. The number of ether oxygens (including phenoxy) is 2. The van der Waals surface area contributed by atoms with Crippen LogP contribution in [0.1, 0.15) is 12.2 Å². The Morgan fingerprint density at radius 3 is 2.35 bits per heavy atom. The second kappa shape index (κ2) is 8.23. The number of nitrogen functional groups attached to an aromatic ring is 2. The van der Waals surface area contributed by atoms with E-state index in [4.69, 9.17) is 16.2 Å². The van der Waals surface area contributed by atoms with Crippen molar-refractivity contribution in [3.05, 3.63) is 5.82 Å². The summed E-state index contributed by atoms with van der Waals surface area (Å²) in [5, 5.41) is 0. The van der Waals surface area contributed by atoms with Crippen molar-refractivity contribution >= 4 is 17.9 Å². The minimum atomic E-state index is -0.276. The quantitative estimate of drug-likeness (QED) is 0.580. The number of hydrogen-bond donors (Lipinski definition) is 2. The van der Waals surface area contributed by atoms with E-state index in [1.54, 1.807) is 7.11 Å². The van der Waals surface area contributed by atoms with Crippen LogP contribution in [0.4, 0.5) is 11.9 Å². The fourth-order valence-corrected chi connectivity index (χ4v) is 1.57. The van der Waals surface area contributed by atoms with Crippen LogP contribution in [-0.2, 0) is 20.8 Å². The first-order valence-electron chi connectivity index (χ1n) is 6.09. The summed E-state index contributed by atoms with van der Waals surface area (Å²) in [4.78, 5) is 24.9. The van der Waals surface area contributed by atoms with Crippen LogP contribution < -0.4 is 11.5 Å². The lowest BCUT2D eigenvalue weighted by Crippen LogP contribution is -2.30. The maximum absolute atomic E-state index is 11.2. The second-order valence-corrected chi connectivity index (χ2v) is 4.06. The molecule has 112 valence electrons. The van der Waals surface area contributed by atoms with Gasteiger partial charge in [-0.25, -0.2) is 0 Å². The number of methoxy groups -OCH3 is 2. The van der Waals surface area contributed by atoms with Gasteiger partial charge >= 0.3 is 5.97 Å². The Morgan fingerprint density at radius 1 is 1.15 bits per heavy atom. The lowest BCUT2D eigenvalue weighted by atomic mass is 10.3. The Morgan fingerprint density at radius 2 is 1.80 bits per heavy atom. The molecule has 1 aromatic rings. The monoisotopic (exact) mass is 284 g/mol. The van der Waals surface area contributed by atoms with Crippen molar-refractivity contribution in [2.45, 2.75) is 13.0 Å². The fourth-order valence-electron chi connectivity index (χ4n) is 1.57. The summed E-state index contributed by atoms with van der Waals surface area (Å²) < 4.78 is 9.65. The standard InChI is InChI=1S/C11H20N6O3/c1-19-6-5-17(4-3-9(18)20-2)7-8-14-10(12)16-11(13)15-8/h3-7H2,1-2H3,(H4,12,13,14,15,16). The number of esters is 1. The minimum absolute atomic E-state index is 0.0761. The number of carbonyl (C=O) groups is 1. The summed E-state index contributed by atoms with van der Waals surface area (Å²) in [6, 6.07) is 0. The summed E-state index contributed by atoms with van der Waals surface area (Å²) in [5.41, 5.74) is 11.0. The molecule has 9 heteroatoms. The second-order valence-electron chi connectivity index (χ2n) is 4.06. The molecule has 0 atom stereocenters. The molecule has 0 radical (unpaired) electrons. The first-order chi connectivity index (χ1) is 9.55. The summed E-state index contributed by atoms with van der Waals surface area (Å²) in [6.45, 7) is 2.05. The highest BCUT2D eigenvalue weighted by Gasteiger charge is 2.12. The predicted octanol–water partition coefficient (Wildman–Crippen LogP) is -0.952. The Hall–Kier alpha value is -2.00. The van der Waals surface area contributed by atoms with E-state index in [0.29, 0.717) is 32.1 Å². The van der Waals surface area contributed by atoms with Gasteiger partial charge in [-0.2, -0.15) is 15.0 Å². The van der Waals surface area contributed by atoms with Gasteiger partial charge in [-0.3, -0.25) is 9.69 Å². The SMILES string of the molecule is COCCN(CCC(=O)OC)Cc1nc(N)nc(N)n1. The van der Waals surface area contributed by atoms with Crippen molar-refractivity contribution < 1.29 is 14.3 Å². The van der Waals surface area contributed by atoms with Crippen molar-refractivity contribution in [1.82, 2.24) is 19.9 Å². The molecule has 0 aliphatic heterocycles. The highest BCUT2D eigenvalue weighted by Crippen LogP contribution is 2.04. The van der Waals surface area contributed by atoms with Crippen LogP contribution in [-0.4, -0.2) is 59.7 Å². The average Bonchev–Trinajstić information content (AvgIpc) is 2.40. The third-order valence-electron chi connectivity index (χ3n) is 2.55. The van der Waals surface area contributed by atoms with Crippen molar-refractivity contribution in [3.63, 3.8) is 0 Å². The number of rotatable bonds is 8. The molecule has 0 bridgehead atoms. The Labute approximate surface area is 117 Å². The topological polar surface area (TPSA) is 129 Å². The molecule has 0 saturated heterocycles. The van der Waals surface area contributed by atoms with E-state index in [1.165, 1.54) is 7.11 Å². The molecule has 1 aromatic heterocycles. The van der Waals surface area contributed by atoms with E-state index < -0.39 is 0 Å². The highest BCUT2D eigenvalue weighted by molar-refractivity contribution is 5.69. The van der Waals surface area contributed by atoms with Gasteiger partial charge in [-0.1, -0.05) is 0 Å². The Kier molecular flexibility index (Phi) is 6.60. The van der Waals surface area contributed by atoms with E-state index >= 15 is 0 Å². The molecule has 20 heavy (non-hydrogen) atoms. The molecule has 0 amide bonds. The highest BCUT2D eigenvalue weighted by atomic mass is 16.5. The maximum atomic E-state index is 11.2. The average molecular weight is 284 g/mol. The third-order valence-corrected chi connectivity index (χ3v) is 2.55. The van der Waals surface area contributed by atoms with Crippen LogP contribution in [0.5, 0.6) is 0 Å². The first-order valence-corrected chi connectivity index (χ1v) is 6.09. The minimum Gasteiger partial charge on any atom is -0.469 e. The maximum Gasteiger partial charge on any atom is 0.306 e. The normalized spacial score (nSPS) is 10.8. The molecular formula is C11H20N6O3. The summed E-state index contributed by atoms with van der Waals surface area (Å²) >= 11 is 0. The molecular weight excluding hydrogens is 264 g/mol. The van der Waals surface area contributed by atoms with Gasteiger partial charge in [-0.15, -0.1) is 0 Å².